The minimum absolute atomic E-state index is 0.0232. The van der Waals surface area contributed by atoms with E-state index in [2.05, 4.69) is 6.92 Å². The second-order valence-electron chi connectivity index (χ2n) is 5.12. The molecule has 0 bridgehead atoms. The number of hydrogen-bond donors (Lipinski definition) is 1. The zero-order valence-electron chi connectivity index (χ0n) is 12.0. The van der Waals surface area contributed by atoms with Crippen molar-refractivity contribution in [3.05, 3.63) is 35.9 Å². The molecule has 0 saturated carbocycles. The summed E-state index contributed by atoms with van der Waals surface area (Å²) in [5, 5.41) is 9.39. The Balaban J connectivity index is 2.09. The van der Waals surface area contributed by atoms with E-state index in [0.717, 1.165) is 17.7 Å². The van der Waals surface area contributed by atoms with E-state index in [9.17, 15) is 9.90 Å². The van der Waals surface area contributed by atoms with E-state index in [1.54, 1.807) is 24.2 Å². The number of benzene rings is 1. The Morgan fingerprint density at radius 3 is 2.95 bits per heavy atom. The standard InChI is InChI=1S/C16H21NO3/c1-12-9-10-17(14(12)11-18)16(19)8-7-13-5-3-4-6-15(13)20-2/h3-8,12,14,18H,9-11H2,1-2H3/b8-7+. The summed E-state index contributed by atoms with van der Waals surface area (Å²) in [6, 6.07) is 7.49. The molecule has 1 aromatic rings. The van der Waals surface area contributed by atoms with Crippen LogP contribution in [-0.2, 0) is 4.79 Å². The van der Waals surface area contributed by atoms with Gasteiger partial charge < -0.3 is 14.7 Å². The number of aliphatic hydroxyl groups excluding tert-OH is 1. The third kappa shape index (κ3) is 3.02. The van der Waals surface area contributed by atoms with Gasteiger partial charge in [-0.2, -0.15) is 0 Å². The summed E-state index contributed by atoms with van der Waals surface area (Å²) < 4.78 is 5.25. The number of aliphatic hydroxyl groups is 1. The molecule has 0 aromatic heterocycles. The van der Waals surface area contributed by atoms with Gasteiger partial charge in [0.15, 0.2) is 0 Å². The number of amides is 1. The highest BCUT2D eigenvalue weighted by molar-refractivity contribution is 5.92. The molecule has 1 aromatic carbocycles. The van der Waals surface area contributed by atoms with Crippen LogP contribution in [0.5, 0.6) is 5.75 Å². The lowest BCUT2D eigenvalue weighted by molar-refractivity contribution is -0.127. The number of carbonyl (C=O) groups excluding carboxylic acids is 1. The van der Waals surface area contributed by atoms with Crippen LogP contribution in [0.15, 0.2) is 30.3 Å². The summed E-state index contributed by atoms with van der Waals surface area (Å²) in [6.45, 7) is 2.80. The first-order valence-corrected chi connectivity index (χ1v) is 6.90. The second-order valence-corrected chi connectivity index (χ2v) is 5.12. The van der Waals surface area contributed by atoms with Gasteiger partial charge in [0, 0.05) is 18.2 Å². The van der Waals surface area contributed by atoms with Gasteiger partial charge in [0.1, 0.15) is 5.75 Å². The van der Waals surface area contributed by atoms with Crippen molar-refractivity contribution >= 4 is 12.0 Å². The van der Waals surface area contributed by atoms with Gasteiger partial charge in [-0.1, -0.05) is 25.1 Å². The lowest BCUT2D eigenvalue weighted by Crippen LogP contribution is -2.38. The first kappa shape index (κ1) is 14.6. The molecule has 0 radical (unpaired) electrons. The summed E-state index contributed by atoms with van der Waals surface area (Å²) in [5.41, 5.74) is 0.871. The number of ether oxygens (including phenoxy) is 1. The van der Waals surface area contributed by atoms with E-state index in [1.165, 1.54) is 0 Å². The highest BCUT2D eigenvalue weighted by Gasteiger charge is 2.32. The fourth-order valence-electron chi connectivity index (χ4n) is 2.62. The average molecular weight is 275 g/mol. The van der Waals surface area contributed by atoms with Crippen LogP contribution in [0, 0.1) is 5.92 Å². The maximum absolute atomic E-state index is 12.2. The van der Waals surface area contributed by atoms with Crippen LogP contribution in [0.1, 0.15) is 18.9 Å². The molecule has 2 unspecified atom stereocenters. The maximum atomic E-state index is 12.2. The minimum atomic E-state index is -0.0650. The Labute approximate surface area is 119 Å². The Kier molecular flexibility index (Phi) is 4.79. The molecule has 4 nitrogen and oxygen atoms in total. The van der Waals surface area contributed by atoms with Crippen molar-refractivity contribution in [1.29, 1.82) is 0 Å². The van der Waals surface area contributed by atoms with Crippen LogP contribution in [0.2, 0.25) is 0 Å². The highest BCUT2D eigenvalue weighted by atomic mass is 16.5. The van der Waals surface area contributed by atoms with Crippen molar-refractivity contribution in [2.24, 2.45) is 5.92 Å². The predicted octanol–water partition coefficient (Wildman–Crippen LogP) is 1.94. The number of likely N-dealkylation sites (tertiary alicyclic amines) is 1. The molecule has 1 amide bonds. The van der Waals surface area contributed by atoms with Gasteiger partial charge in [-0.15, -0.1) is 0 Å². The van der Waals surface area contributed by atoms with Gasteiger partial charge in [0.25, 0.3) is 0 Å². The predicted molar refractivity (Wildman–Crippen MR) is 78.4 cm³/mol. The van der Waals surface area contributed by atoms with Gasteiger partial charge in [-0.3, -0.25) is 4.79 Å². The lowest BCUT2D eigenvalue weighted by Gasteiger charge is -2.23. The highest BCUT2D eigenvalue weighted by Crippen LogP contribution is 2.24. The van der Waals surface area contributed by atoms with E-state index in [4.69, 9.17) is 4.74 Å². The van der Waals surface area contributed by atoms with Crippen LogP contribution in [0.4, 0.5) is 0 Å². The molecule has 0 aliphatic carbocycles. The number of carbonyl (C=O) groups is 1. The fourth-order valence-corrected chi connectivity index (χ4v) is 2.62. The molecule has 4 heteroatoms. The lowest BCUT2D eigenvalue weighted by atomic mass is 10.0. The molecule has 1 aliphatic rings. The van der Waals surface area contributed by atoms with Crippen LogP contribution in [0.25, 0.3) is 6.08 Å². The quantitative estimate of drug-likeness (QED) is 0.854. The summed E-state index contributed by atoms with van der Waals surface area (Å²) >= 11 is 0. The van der Waals surface area contributed by atoms with Crippen molar-refractivity contribution in [3.8, 4) is 5.75 Å². The van der Waals surface area contributed by atoms with Gasteiger partial charge in [-0.25, -0.2) is 0 Å². The Morgan fingerprint density at radius 2 is 2.25 bits per heavy atom. The van der Waals surface area contributed by atoms with E-state index < -0.39 is 0 Å². The zero-order chi connectivity index (χ0) is 14.5. The van der Waals surface area contributed by atoms with E-state index in [1.807, 2.05) is 24.3 Å². The summed E-state index contributed by atoms with van der Waals surface area (Å²) in [7, 11) is 1.61. The number of methoxy groups -OCH3 is 1. The first-order chi connectivity index (χ1) is 9.67. The molecule has 1 saturated heterocycles. The monoisotopic (exact) mass is 275 g/mol. The van der Waals surface area contributed by atoms with Crippen LogP contribution < -0.4 is 4.74 Å². The van der Waals surface area contributed by atoms with Crippen LogP contribution >= 0.6 is 0 Å². The zero-order valence-corrected chi connectivity index (χ0v) is 12.0. The minimum Gasteiger partial charge on any atom is -0.496 e. The second kappa shape index (κ2) is 6.57. The SMILES string of the molecule is COc1ccccc1/C=C/C(=O)N1CCC(C)C1CO. The molecule has 1 aliphatic heterocycles. The molecule has 2 atom stereocenters. The van der Waals surface area contributed by atoms with E-state index in [0.29, 0.717) is 12.5 Å². The number of hydrogen-bond acceptors (Lipinski definition) is 3. The molecular weight excluding hydrogens is 254 g/mol. The molecule has 1 N–H and O–H groups in total. The third-order valence-electron chi connectivity index (χ3n) is 3.90. The molecule has 20 heavy (non-hydrogen) atoms. The Bertz CT molecular complexity index is 498. The topological polar surface area (TPSA) is 49.8 Å². The Hall–Kier alpha value is -1.81. The van der Waals surface area contributed by atoms with E-state index >= 15 is 0 Å². The number of para-hydroxylation sites is 1. The fraction of sp³-hybridized carbons (Fsp3) is 0.438. The van der Waals surface area contributed by atoms with Gasteiger partial charge in [0.05, 0.1) is 19.8 Å². The van der Waals surface area contributed by atoms with Crippen molar-refractivity contribution in [2.75, 3.05) is 20.3 Å². The summed E-state index contributed by atoms with van der Waals surface area (Å²) in [4.78, 5) is 14.0. The van der Waals surface area contributed by atoms with E-state index in [-0.39, 0.29) is 18.6 Å². The Morgan fingerprint density at radius 1 is 1.50 bits per heavy atom. The molecule has 1 heterocycles. The normalized spacial score (nSPS) is 22.4. The van der Waals surface area contributed by atoms with Crippen LogP contribution in [-0.4, -0.2) is 42.2 Å². The summed E-state index contributed by atoms with van der Waals surface area (Å²) in [5.74, 6) is 1.04. The molecule has 1 fully saturated rings. The van der Waals surface area contributed by atoms with Gasteiger partial charge in [-0.05, 0) is 24.5 Å². The third-order valence-corrected chi connectivity index (χ3v) is 3.90. The number of rotatable bonds is 4. The largest absolute Gasteiger partial charge is 0.496 e. The molecule has 2 rings (SSSR count). The summed E-state index contributed by atoms with van der Waals surface area (Å²) in [6.07, 6.45) is 4.26. The maximum Gasteiger partial charge on any atom is 0.246 e. The van der Waals surface area contributed by atoms with Gasteiger partial charge >= 0.3 is 0 Å². The smallest absolute Gasteiger partial charge is 0.246 e. The van der Waals surface area contributed by atoms with Gasteiger partial charge in [0.2, 0.25) is 5.91 Å². The molecule has 108 valence electrons. The molecule has 0 spiro atoms. The van der Waals surface area contributed by atoms with Crippen molar-refractivity contribution < 1.29 is 14.6 Å². The van der Waals surface area contributed by atoms with Crippen molar-refractivity contribution in [3.63, 3.8) is 0 Å². The average Bonchev–Trinajstić information content (AvgIpc) is 2.86. The first-order valence-electron chi connectivity index (χ1n) is 6.90. The number of nitrogens with zero attached hydrogens (tertiary/aromatic N) is 1. The molecular formula is C16H21NO3. The van der Waals surface area contributed by atoms with Crippen molar-refractivity contribution in [1.82, 2.24) is 4.90 Å². The van der Waals surface area contributed by atoms with Crippen molar-refractivity contribution in [2.45, 2.75) is 19.4 Å². The van der Waals surface area contributed by atoms with Crippen LogP contribution in [0.3, 0.4) is 0 Å².